The molecule has 2 aromatic heterocycles. The summed E-state index contributed by atoms with van der Waals surface area (Å²) >= 11 is 1.25. The van der Waals surface area contributed by atoms with E-state index in [2.05, 4.69) is 29.4 Å². The molecule has 0 fully saturated rings. The predicted molar refractivity (Wildman–Crippen MR) is 105 cm³/mol. The van der Waals surface area contributed by atoms with Gasteiger partial charge in [-0.25, -0.2) is 4.68 Å². The van der Waals surface area contributed by atoms with Crippen molar-refractivity contribution in [1.29, 1.82) is 0 Å². The van der Waals surface area contributed by atoms with Crippen LogP contribution in [0.15, 0.2) is 52.2 Å². The summed E-state index contributed by atoms with van der Waals surface area (Å²) in [5.41, 5.74) is 1.87. The highest BCUT2D eigenvalue weighted by atomic mass is 32.2. The second-order valence-corrected chi connectivity index (χ2v) is 7.50. The zero-order chi connectivity index (χ0) is 19.4. The van der Waals surface area contributed by atoms with E-state index in [0.29, 0.717) is 16.7 Å². The number of benzene rings is 1. The average Bonchev–Trinajstić information content (AvgIpc) is 3.23. The summed E-state index contributed by atoms with van der Waals surface area (Å²) in [6.07, 6.45) is 1.58. The van der Waals surface area contributed by atoms with Gasteiger partial charge in [0, 0.05) is 0 Å². The van der Waals surface area contributed by atoms with Gasteiger partial charge in [0.05, 0.1) is 23.6 Å². The summed E-state index contributed by atoms with van der Waals surface area (Å²) < 4.78 is 6.66. The number of amides is 1. The highest BCUT2D eigenvalue weighted by Gasteiger charge is 2.20. The van der Waals surface area contributed by atoms with Crippen molar-refractivity contribution in [3.05, 3.63) is 54.0 Å². The van der Waals surface area contributed by atoms with E-state index in [1.807, 2.05) is 37.3 Å². The molecule has 3 aromatic rings. The first kappa shape index (κ1) is 19.0. The Balaban J connectivity index is 1.64. The minimum absolute atomic E-state index is 0.0424. The molecule has 27 heavy (non-hydrogen) atoms. The van der Waals surface area contributed by atoms with Gasteiger partial charge in [0.15, 0.2) is 5.82 Å². The topological polar surface area (TPSA) is 99.0 Å². The van der Waals surface area contributed by atoms with E-state index < -0.39 is 0 Å². The molecule has 0 saturated carbocycles. The third kappa shape index (κ3) is 4.33. The number of carbonyl (C=O) groups is 1. The Bertz CT molecular complexity index is 904. The van der Waals surface area contributed by atoms with Crippen molar-refractivity contribution in [2.24, 2.45) is 5.92 Å². The highest BCUT2D eigenvalue weighted by molar-refractivity contribution is 7.99. The van der Waals surface area contributed by atoms with Gasteiger partial charge in [0.25, 0.3) is 0 Å². The molecule has 0 saturated heterocycles. The first-order valence-corrected chi connectivity index (χ1v) is 9.68. The largest absolute Gasteiger partial charge is 0.469 e. The van der Waals surface area contributed by atoms with Gasteiger partial charge in [-0.15, -0.1) is 10.2 Å². The van der Waals surface area contributed by atoms with E-state index in [1.54, 1.807) is 12.3 Å². The summed E-state index contributed by atoms with van der Waals surface area (Å²) in [6.45, 7) is 6.00. The number of rotatable bonds is 7. The van der Waals surface area contributed by atoms with E-state index in [9.17, 15) is 4.79 Å². The number of nitrogen functional groups attached to an aromatic ring is 1. The molecule has 2 heterocycles. The predicted octanol–water partition coefficient (Wildman–Crippen LogP) is 3.17. The second-order valence-electron chi connectivity index (χ2n) is 6.56. The fraction of sp³-hybridized carbons (Fsp3) is 0.316. The van der Waals surface area contributed by atoms with E-state index in [-0.39, 0.29) is 23.6 Å². The number of furan rings is 1. The quantitative estimate of drug-likeness (QED) is 0.479. The van der Waals surface area contributed by atoms with Gasteiger partial charge in [-0.1, -0.05) is 55.9 Å². The van der Waals surface area contributed by atoms with Gasteiger partial charge in [-0.3, -0.25) is 4.79 Å². The Labute approximate surface area is 162 Å². The van der Waals surface area contributed by atoms with E-state index in [4.69, 9.17) is 10.3 Å². The third-order valence-corrected chi connectivity index (χ3v) is 5.18. The monoisotopic (exact) mass is 385 g/mol. The number of carbonyl (C=O) groups excluding carboxylic acids is 1. The van der Waals surface area contributed by atoms with Crippen LogP contribution < -0.4 is 11.2 Å². The van der Waals surface area contributed by atoms with Gasteiger partial charge < -0.3 is 15.6 Å². The van der Waals surface area contributed by atoms with Crippen molar-refractivity contribution in [2.75, 3.05) is 11.6 Å². The molecule has 0 radical (unpaired) electrons. The Hall–Kier alpha value is -2.74. The molecular weight excluding hydrogens is 362 g/mol. The number of hydrogen-bond donors (Lipinski definition) is 2. The second kappa shape index (κ2) is 8.30. The lowest BCUT2D eigenvalue weighted by Gasteiger charge is -2.22. The number of aryl methyl sites for hydroxylation is 1. The zero-order valence-corrected chi connectivity index (χ0v) is 16.4. The van der Waals surface area contributed by atoms with E-state index >= 15 is 0 Å². The summed E-state index contributed by atoms with van der Waals surface area (Å²) in [7, 11) is 0. The van der Waals surface area contributed by atoms with Crippen LogP contribution in [-0.2, 0) is 4.79 Å². The fourth-order valence-corrected chi connectivity index (χ4v) is 3.48. The van der Waals surface area contributed by atoms with E-state index in [0.717, 1.165) is 11.1 Å². The Kier molecular flexibility index (Phi) is 5.85. The molecule has 0 bridgehead atoms. The minimum Gasteiger partial charge on any atom is -0.469 e. The van der Waals surface area contributed by atoms with Gasteiger partial charge in [-0.05, 0) is 24.5 Å². The average molecular weight is 385 g/mol. The molecule has 3 rings (SSSR count). The molecule has 1 atom stereocenters. The Morgan fingerprint density at radius 3 is 2.63 bits per heavy atom. The van der Waals surface area contributed by atoms with Crippen molar-refractivity contribution in [3.8, 4) is 11.4 Å². The molecule has 8 heteroatoms. The van der Waals surface area contributed by atoms with Crippen molar-refractivity contribution in [2.45, 2.75) is 32.0 Å². The maximum absolute atomic E-state index is 12.5. The molecule has 1 aromatic carbocycles. The summed E-state index contributed by atoms with van der Waals surface area (Å²) in [5.74, 6) is 7.71. The van der Waals surface area contributed by atoms with Crippen molar-refractivity contribution in [3.63, 3.8) is 0 Å². The molecule has 7 nitrogen and oxygen atoms in total. The van der Waals surface area contributed by atoms with Crippen LogP contribution in [0.25, 0.3) is 11.4 Å². The summed E-state index contributed by atoms with van der Waals surface area (Å²) in [5, 5.41) is 11.8. The number of thioether (sulfide) groups is 1. The third-order valence-electron chi connectivity index (χ3n) is 4.24. The van der Waals surface area contributed by atoms with Crippen molar-refractivity contribution in [1.82, 2.24) is 20.2 Å². The first-order valence-electron chi connectivity index (χ1n) is 8.69. The fourth-order valence-electron chi connectivity index (χ4n) is 2.82. The minimum atomic E-state index is -0.0772. The summed E-state index contributed by atoms with van der Waals surface area (Å²) in [6, 6.07) is 11.7. The number of nitrogens with one attached hydrogen (secondary N) is 1. The zero-order valence-electron chi connectivity index (χ0n) is 15.5. The van der Waals surface area contributed by atoms with Crippen molar-refractivity contribution < 1.29 is 9.21 Å². The molecule has 0 aliphatic heterocycles. The summed E-state index contributed by atoms with van der Waals surface area (Å²) in [4.78, 5) is 12.5. The number of hydrogen-bond acceptors (Lipinski definition) is 6. The van der Waals surface area contributed by atoms with Crippen LogP contribution in [0, 0.1) is 12.8 Å². The molecule has 0 aliphatic carbocycles. The Morgan fingerprint density at radius 1 is 1.26 bits per heavy atom. The van der Waals surface area contributed by atoms with Crippen LogP contribution in [0.4, 0.5) is 0 Å². The molecule has 1 unspecified atom stereocenters. The number of nitrogens with two attached hydrogens (primary N) is 1. The van der Waals surface area contributed by atoms with Gasteiger partial charge >= 0.3 is 0 Å². The maximum Gasteiger partial charge on any atom is 0.230 e. The molecule has 0 spiro atoms. The first-order chi connectivity index (χ1) is 13.0. The lowest BCUT2D eigenvalue weighted by atomic mass is 9.96. The lowest BCUT2D eigenvalue weighted by Crippen LogP contribution is -2.33. The molecule has 0 aliphatic rings. The van der Waals surface area contributed by atoms with E-state index in [1.165, 1.54) is 16.4 Å². The lowest BCUT2D eigenvalue weighted by molar-refractivity contribution is -0.119. The van der Waals surface area contributed by atoms with Crippen LogP contribution in [-0.4, -0.2) is 26.5 Å². The highest BCUT2D eigenvalue weighted by Crippen LogP contribution is 2.25. The normalized spacial score (nSPS) is 12.3. The van der Waals surface area contributed by atoms with Crippen LogP contribution in [0.3, 0.4) is 0 Å². The Morgan fingerprint density at radius 2 is 2.00 bits per heavy atom. The SMILES string of the molecule is Cc1occc1-c1nnc(SCC(=O)NC(c2ccccc2)C(C)C)n1N. The molecule has 142 valence electrons. The smallest absolute Gasteiger partial charge is 0.230 e. The van der Waals surface area contributed by atoms with Gasteiger partial charge in [0.1, 0.15) is 5.76 Å². The standard InChI is InChI=1S/C19H23N5O2S/c1-12(2)17(14-7-5-4-6-8-14)21-16(25)11-27-19-23-22-18(24(19)20)15-9-10-26-13(15)3/h4-10,12,17H,11,20H2,1-3H3,(H,21,25). The number of aromatic nitrogens is 3. The van der Waals surface area contributed by atoms with Crippen molar-refractivity contribution >= 4 is 17.7 Å². The van der Waals surface area contributed by atoms with Gasteiger partial charge in [-0.2, -0.15) is 0 Å². The van der Waals surface area contributed by atoms with Gasteiger partial charge in [0.2, 0.25) is 11.1 Å². The molecule has 1 amide bonds. The molecular formula is C19H23N5O2S. The van der Waals surface area contributed by atoms with Crippen LogP contribution in [0.5, 0.6) is 0 Å². The molecule has 3 N–H and O–H groups in total. The number of nitrogens with zero attached hydrogens (tertiary/aromatic N) is 3. The van der Waals surface area contributed by atoms with Crippen LogP contribution >= 0.6 is 11.8 Å². The maximum atomic E-state index is 12.5. The van der Waals surface area contributed by atoms with Crippen LogP contribution in [0.2, 0.25) is 0 Å². The van der Waals surface area contributed by atoms with Crippen LogP contribution in [0.1, 0.15) is 31.2 Å².